The van der Waals surface area contributed by atoms with Gasteiger partial charge in [-0.1, -0.05) is 423 Å². The first-order chi connectivity index (χ1) is 44.0. The fourth-order valence-electron chi connectivity index (χ4n) is 13.3. The standard InChI is InChI=1S/C83H161NO5/c1-3-5-7-9-11-13-15-17-19-20-21-41-44-48-51-55-59-63-67-71-75-81(86)80(79-85)84-82(87)76-72-68-64-60-56-52-49-45-42-39-37-35-33-31-29-27-25-23-22-24-26-28-30-32-34-36-38-40-43-46-50-54-58-62-66-70-74-78-89-83(88)77-73-69-65-61-57-53-47-18-16-14-12-10-8-6-4-2/h12,14,18,47,80-81,85-86H,3-11,13,15-17,19-46,48-79H2,1-2H3,(H,84,87)/b14-12-,47-18-. The molecule has 0 aromatic rings. The number of unbranched alkanes of at least 4 members (excludes halogenated alkanes) is 63. The zero-order valence-corrected chi connectivity index (χ0v) is 60.7. The fraction of sp³-hybridized carbons (Fsp3) is 0.928. The van der Waals surface area contributed by atoms with Crippen molar-refractivity contribution >= 4 is 11.9 Å². The van der Waals surface area contributed by atoms with Gasteiger partial charge < -0.3 is 20.3 Å². The molecule has 0 saturated carbocycles. The molecular weight excluding hydrogens is 1090 g/mol. The number of hydrogen-bond donors (Lipinski definition) is 3. The normalized spacial score (nSPS) is 12.5. The second-order valence-electron chi connectivity index (χ2n) is 28.5. The molecule has 2 unspecified atom stereocenters. The summed E-state index contributed by atoms with van der Waals surface area (Å²) in [6.07, 6.45) is 101. The van der Waals surface area contributed by atoms with Gasteiger partial charge in [-0.25, -0.2) is 0 Å². The molecule has 0 rings (SSSR count). The molecule has 0 heterocycles. The maximum Gasteiger partial charge on any atom is 0.305 e. The Balaban J connectivity index is 3.30. The minimum atomic E-state index is -0.661. The minimum Gasteiger partial charge on any atom is -0.466 e. The number of allylic oxidation sites excluding steroid dienone is 4. The van der Waals surface area contributed by atoms with E-state index in [0.29, 0.717) is 25.9 Å². The molecule has 2 atom stereocenters. The van der Waals surface area contributed by atoms with Crippen molar-refractivity contribution in [3.63, 3.8) is 0 Å². The Labute approximate surface area is 558 Å². The van der Waals surface area contributed by atoms with Gasteiger partial charge in [0, 0.05) is 12.8 Å². The average molecular weight is 1250 g/mol. The van der Waals surface area contributed by atoms with Crippen LogP contribution in [-0.4, -0.2) is 47.4 Å². The van der Waals surface area contributed by atoms with Gasteiger partial charge in [0.2, 0.25) is 5.91 Å². The number of nitrogens with one attached hydrogen (secondary N) is 1. The summed E-state index contributed by atoms with van der Waals surface area (Å²) in [7, 11) is 0. The summed E-state index contributed by atoms with van der Waals surface area (Å²) in [5, 5.41) is 23.5. The number of esters is 1. The highest BCUT2D eigenvalue weighted by Gasteiger charge is 2.20. The summed E-state index contributed by atoms with van der Waals surface area (Å²) < 4.78 is 5.50. The number of hydrogen-bond acceptors (Lipinski definition) is 5. The van der Waals surface area contributed by atoms with Crippen molar-refractivity contribution < 1.29 is 24.5 Å². The van der Waals surface area contributed by atoms with Gasteiger partial charge in [-0.2, -0.15) is 0 Å². The second kappa shape index (κ2) is 78.8. The Morgan fingerprint density at radius 2 is 0.562 bits per heavy atom. The number of carbonyl (C=O) groups is 2. The Hall–Kier alpha value is -1.66. The molecule has 1 amide bonds. The largest absolute Gasteiger partial charge is 0.466 e. The maximum atomic E-state index is 12.6. The molecule has 0 aliphatic heterocycles. The Bertz CT molecular complexity index is 1400. The number of carbonyl (C=O) groups excluding carboxylic acids is 2. The highest BCUT2D eigenvalue weighted by Crippen LogP contribution is 2.21. The quantitative estimate of drug-likeness (QED) is 0.0320. The van der Waals surface area contributed by atoms with Crippen LogP contribution in [0.1, 0.15) is 470 Å². The van der Waals surface area contributed by atoms with Gasteiger partial charge >= 0.3 is 5.97 Å². The van der Waals surface area contributed by atoms with E-state index in [9.17, 15) is 19.8 Å². The SMILES string of the molecule is CCCCC/C=C\C/C=C\CCCCCCCC(=O)OCCCCCCCCCCCCCCCCCCCCCCCCCCCCCCCCCCCCCCCC(=O)NC(CO)C(O)CCCCCCCCCCCCCCCCCCCCCC. The van der Waals surface area contributed by atoms with E-state index in [0.717, 1.165) is 51.4 Å². The highest BCUT2D eigenvalue weighted by molar-refractivity contribution is 5.76. The van der Waals surface area contributed by atoms with Crippen LogP contribution in [0.25, 0.3) is 0 Å². The smallest absolute Gasteiger partial charge is 0.305 e. The van der Waals surface area contributed by atoms with Crippen LogP contribution in [0.15, 0.2) is 24.3 Å². The van der Waals surface area contributed by atoms with E-state index in [2.05, 4.69) is 43.5 Å². The summed E-state index contributed by atoms with van der Waals surface area (Å²) in [5.74, 6) is -0.0137. The molecule has 0 aliphatic carbocycles. The first-order valence-electron chi connectivity index (χ1n) is 41.1. The summed E-state index contributed by atoms with van der Waals surface area (Å²) in [5.41, 5.74) is 0. The van der Waals surface area contributed by atoms with Gasteiger partial charge in [-0.05, 0) is 57.8 Å². The third-order valence-electron chi connectivity index (χ3n) is 19.5. The van der Waals surface area contributed by atoms with Crippen LogP contribution in [-0.2, 0) is 14.3 Å². The summed E-state index contributed by atoms with van der Waals surface area (Å²) in [4.78, 5) is 24.6. The molecule has 0 bridgehead atoms. The van der Waals surface area contributed by atoms with Gasteiger partial charge in [0.25, 0.3) is 0 Å². The summed E-state index contributed by atoms with van der Waals surface area (Å²) in [6, 6.07) is -0.538. The molecule has 6 nitrogen and oxygen atoms in total. The Morgan fingerprint density at radius 1 is 0.315 bits per heavy atom. The molecular formula is C83H161NO5. The minimum absolute atomic E-state index is 0.0102. The lowest BCUT2D eigenvalue weighted by molar-refractivity contribution is -0.143. The summed E-state index contributed by atoms with van der Waals surface area (Å²) >= 11 is 0. The van der Waals surface area contributed by atoms with Gasteiger partial charge in [-0.3, -0.25) is 9.59 Å². The van der Waals surface area contributed by atoms with Crippen LogP contribution < -0.4 is 5.32 Å². The molecule has 0 aromatic carbocycles. The number of rotatable bonds is 78. The average Bonchev–Trinajstić information content (AvgIpc) is 3.63. The van der Waals surface area contributed by atoms with Crippen LogP contribution >= 0.6 is 0 Å². The van der Waals surface area contributed by atoms with Crippen LogP contribution in [0.5, 0.6) is 0 Å². The van der Waals surface area contributed by atoms with E-state index in [-0.39, 0.29) is 18.5 Å². The van der Waals surface area contributed by atoms with E-state index in [1.54, 1.807) is 0 Å². The van der Waals surface area contributed by atoms with Crippen LogP contribution in [0.4, 0.5) is 0 Å². The molecule has 0 aromatic heterocycles. The lowest BCUT2D eigenvalue weighted by atomic mass is 10.0. The van der Waals surface area contributed by atoms with Crippen molar-refractivity contribution in [2.24, 2.45) is 0 Å². The first kappa shape index (κ1) is 87.3. The number of ether oxygens (including phenoxy) is 1. The number of amides is 1. The molecule has 528 valence electrons. The topological polar surface area (TPSA) is 95.9 Å². The van der Waals surface area contributed by atoms with Crippen LogP contribution in [0, 0.1) is 0 Å². The van der Waals surface area contributed by atoms with Crippen molar-refractivity contribution in [1.82, 2.24) is 5.32 Å². The van der Waals surface area contributed by atoms with E-state index < -0.39 is 12.1 Å². The Kier molecular flexibility index (Phi) is 77.3. The van der Waals surface area contributed by atoms with Gasteiger partial charge in [0.1, 0.15) is 0 Å². The predicted octanol–water partition coefficient (Wildman–Crippen LogP) is 27.2. The molecule has 0 spiro atoms. The predicted molar refractivity (Wildman–Crippen MR) is 393 cm³/mol. The molecule has 0 aliphatic rings. The van der Waals surface area contributed by atoms with Crippen molar-refractivity contribution in [3.8, 4) is 0 Å². The van der Waals surface area contributed by atoms with Gasteiger partial charge in [-0.15, -0.1) is 0 Å². The van der Waals surface area contributed by atoms with E-state index >= 15 is 0 Å². The van der Waals surface area contributed by atoms with Gasteiger partial charge in [0.05, 0.1) is 25.4 Å². The zero-order valence-electron chi connectivity index (χ0n) is 60.7. The molecule has 0 saturated heterocycles. The van der Waals surface area contributed by atoms with E-state index in [1.165, 1.54) is 385 Å². The second-order valence-corrected chi connectivity index (χ2v) is 28.5. The molecule has 89 heavy (non-hydrogen) atoms. The number of aliphatic hydroxyl groups excluding tert-OH is 2. The van der Waals surface area contributed by atoms with Crippen molar-refractivity contribution in [2.75, 3.05) is 13.2 Å². The van der Waals surface area contributed by atoms with E-state index in [4.69, 9.17) is 4.74 Å². The third-order valence-corrected chi connectivity index (χ3v) is 19.5. The van der Waals surface area contributed by atoms with Crippen LogP contribution in [0.2, 0.25) is 0 Å². The van der Waals surface area contributed by atoms with Crippen molar-refractivity contribution in [2.45, 2.75) is 482 Å². The van der Waals surface area contributed by atoms with Crippen molar-refractivity contribution in [3.05, 3.63) is 24.3 Å². The lowest BCUT2D eigenvalue weighted by Crippen LogP contribution is -2.45. The monoisotopic (exact) mass is 1250 g/mol. The highest BCUT2D eigenvalue weighted by atomic mass is 16.5. The number of aliphatic hydroxyl groups is 2. The van der Waals surface area contributed by atoms with Crippen molar-refractivity contribution in [1.29, 1.82) is 0 Å². The molecule has 3 N–H and O–H groups in total. The van der Waals surface area contributed by atoms with E-state index in [1.807, 2.05) is 0 Å². The lowest BCUT2D eigenvalue weighted by Gasteiger charge is -2.22. The van der Waals surface area contributed by atoms with Crippen LogP contribution in [0.3, 0.4) is 0 Å². The summed E-state index contributed by atoms with van der Waals surface area (Å²) in [6.45, 7) is 4.97. The third kappa shape index (κ3) is 75.3. The fourth-order valence-corrected chi connectivity index (χ4v) is 13.3. The Morgan fingerprint density at radius 3 is 0.876 bits per heavy atom. The molecule has 0 fully saturated rings. The molecule has 0 radical (unpaired) electrons. The maximum absolute atomic E-state index is 12.6. The molecule has 6 heteroatoms. The zero-order chi connectivity index (χ0) is 64.2. The van der Waals surface area contributed by atoms with Gasteiger partial charge in [0.15, 0.2) is 0 Å². The first-order valence-corrected chi connectivity index (χ1v) is 41.1.